The Morgan fingerprint density at radius 3 is 2.53 bits per heavy atom. The van der Waals surface area contributed by atoms with Crippen LogP contribution in [0.5, 0.6) is 5.75 Å². The van der Waals surface area contributed by atoms with Gasteiger partial charge in [0.25, 0.3) is 11.8 Å². The lowest BCUT2D eigenvalue weighted by atomic mass is 10.1. The lowest BCUT2D eigenvalue weighted by Crippen LogP contribution is -2.35. The molecule has 0 spiro atoms. The maximum Gasteiger partial charge on any atom is 0.274 e. The third-order valence-electron chi connectivity index (χ3n) is 5.93. The molecule has 3 heterocycles. The number of phenolic OH excluding ortho intramolecular Hbond substituents is 1. The van der Waals surface area contributed by atoms with Gasteiger partial charge < -0.3 is 14.9 Å². The van der Waals surface area contributed by atoms with E-state index in [1.165, 1.54) is 6.07 Å². The maximum atomic E-state index is 13.2. The summed E-state index contributed by atoms with van der Waals surface area (Å²) >= 11 is 6.07. The van der Waals surface area contributed by atoms with E-state index in [1.807, 2.05) is 18.2 Å². The topological polar surface area (TPSA) is 89.5 Å². The van der Waals surface area contributed by atoms with Crippen LogP contribution in [0.1, 0.15) is 51.2 Å². The van der Waals surface area contributed by atoms with Gasteiger partial charge in [0, 0.05) is 42.7 Å². The smallest absolute Gasteiger partial charge is 0.274 e. The molecular formula is C22H21ClN4O3. The van der Waals surface area contributed by atoms with Crippen molar-refractivity contribution in [2.24, 2.45) is 0 Å². The summed E-state index contributed by atoms with van der Waals surface area (Å²) < 4.78 is 0. The summed E-state index contributed by atoms with van der Waals surface area (Å²) in [6, 6.07) is 8.62. The third kappa shape index (κ3) is 3.19. The molecule has 2 aliphatic heterocycles. The van der Waals surface area contributed by atoms with E-state index < -0.39 is 0 Å². The summed E-state index contributed by atoms with van der Waals surface area (Å²) in [5.74, 6) is -0.574. The van der Waals surface area contributed by atoms with Crippen LogP contribution in [0, 0.1) is 0 Å². The molecule has 7 nitrogen and oxygen atoms in total. The molecule has 154 valence electrons. The van der Waals surface area contributed by atoms with Crippen molar-refractivity contribution in [1.29, 1.82) is 0 Å². The number of H-pyrrole nitrogens is 1. The fourth-order valence-electron chi connectivity index (χ4n) is 4.31. The quantitative estimate of drug-likeness (QED) is 0.656. The van der Waals surface area contributed by atoms with Crippen LogP contribution < -0.4 is 0 Å². The second-order valence-corrected chi connectivity index (χ2v) is 8.35. The van der Waals surface area contributed by atoms with Crippen molar-refractivity contribution < 1.29 is 14.7 Å². The average Bonchev–Trinajstić information content (AvgIpc) is 3.36. The van der Waals surface area contributed by atoms with Crippen LogP contribution in [0.2, 0.25) is 5.02 Å². The zero-order valence-electron chi connectivity index (χ0n) is 16.3. The summed E-state index contributed by atoms with van der Waals surface area (Å²) in [7, 11) is 0. The molecule has 1 saturated heterocycles. The van der Waals surface area contributed by atoms with Crippen LogP contribution in [0.15, 0.2) is 30.3 Å². The van der Waals surface area contributed by atoms with E-state index in [2.05, 4.69) is 10.2 Å². The van der Waals surface area contributed by atoms with Gasteiger partial charge in [-0.05, 0) is 48.6 Å². The Kier molecular flexibility index (Phi) is 4.62. The average molecular weight is 425 g/mol. The van der Waals surface area contributed by atoms with Gasteiger partial charge >= 0.3 is 0 Å². The normalized spacial score (nSPS) is 16.2. The SMILES string of the molecule is O=C(c1cc2c(C(=O)N3CCCCC3)n[nH]c2cc1O)N1Cc2ccc(Cl)cc2C1. The Morgan fingerprint density at radius 1 is 0.967 bits per heavy atom. The molecule has 1 aromatic heterocycles. The van der Waals surface area contributed by atoms with Crippen LogP contribution in [0.25, 0.3) is 10.9 Å². The number of aromatic nitrogens is 2. The molecule has 2 N–H and O–H groups in total. The van der Waals surface area contributed by atoms with E-state index in [-0.39, 0.29) is 28.8 Å². The number of nitrogens with one attached hydrogen (secondary N) is 1. The predicted octanol–water partition coefficient (Wildman–Crippen LogP) is 3.70. The molecule has 0 radical (unpaired) electrons. The number of fused-ring (bicyclic) bond motifs is 2. The number of hydrogen-bond acceptors (Lipinski definition) is 4. The highest BCUT2D eigenvalue weighted by molar-refractivity contribution is 6.30. The van der Waals surface area contributed by atoms with Gasteiger partial charge in [-0.3, -0.25) is 14.7 Å². The summed E-state index contributed by atoms with van der Waals surface area (Å²) in [5.41, 5.74) is 3.02. The first-order valence-electron chi connectivity index (χ1n) is 10.1. The Balaban J connectivity index is 1.47. The molecule has 1 fully saturated rings. The van der Waals surface area contributed by atoms with Crippen molar-refractivity contribution >= 4 is 34.3 Å². The standard InChI is InChI=1S/C22H21ClN4O3/c23-15-5-4-13-11-27(12-14(13)8-15)21(29)17-9-16-18(10-19(17)28)24-25-20(16)22(30)26-6-2-1-3-7-26/h4-5,8-10,28H,1-3,6-7,11-12H2,(H,24,25). The number of piperidine rings is 1. The number of hydrogen-bond donors (Lipinski definition) is 2. The summed E-state index contributed by atoms with van der Waals surface area (Å²) in [6.45, 7) is 2.31. The van der Waals surface area contributed by atoms with Crippen LogP contribution in [-0.2, 0) is 13.1 Å². The molecule has 2 aromatic carbocycles. The van der Waals surface area contributed by atoms with Crippen LogP contribution >= 0.6 is 11.6 Å². The lowest BCUT2D eigenvalue weighted by molar-refractivity contribution is 0.0717. The van der Waals surface area contributed by atoms with Gasteiger partial charge in [-0.1, -0.05) is 17.7 Å². The largest absolute Gasteiger partial charge is 0.507 e. The van der Waals surface area contributed by atoms with Gasteiger partial charge in [-0.2, -0.15) is 5.10 Å². The Bertz CT molecular complexity index is 1170. The van der Waals surface area contributed by atoms with Crippen molar-refractivity contribution in [1.82, 2.24) is 20.0 Å². The minimum absolute atomic E-state index is 0.137. The number of aromatic amines is 1. The van der Waals surface area contributed by atoms with Gasteiger partial charge in [0.2, 0.25) is 0 Å². The third-order valence-corrected chi connectivity index (χ3v) is 6.17. The minimum Gasteiger partial charge on any atom is -0.507 e. The molecule has 0 unspecified atom stereocenters. The van der Waals surface area contributed by atoms with E-state index in [4.69, 9.17) is 11.6 Å². The molecule has 0 bridgehead atoms. The van der Waals surface area contributed by atoms with Crippen molar-refractivity contribution in [3.8, 4) is 5.75 Å². The number of likely N-dealkylation sites (tertiary alicyclic amines) is 1. The number of aromatic hydroxyl groups is 1. The predicted molar refractivity (Wildman–Crippen MR) is 113 cm³/mol. The second-order valence-electron chi connectivity index (χ2n) is 7.91. The summed E-state index contributed by atoms with van der Waals surface area (Å²) in [5, 5.41) is 18.7. The van der Waals surface area contributed by atoms with E-state index in [0.717, 1.165) is 30.4 Å². The summed E-state index contributed by atoms with van der Waals surface area (Å²) in [4.78, 5) is 29.6. The van der Waals surface area contributed by atoms with Crippen molar-refractivity contribution in [3.63, 3.8) is 0 Å². The van der Waals surface area contributed by atoms with Gasteiger partial charge in [0.1, 0.15) is 5.75 Å². The second kappa shape index (κ2) is 7.32. The number of halogens is 1. The van der Waals surface area contributed by atoms with Gasteiger partial charge in [-0.25, -0.2) is 0 Å². The number of amides is 2. The van der Waals surface area contributed by atoms with Crippen molar-refractivity contribution in [3.05, 3.63) is 57.7 Å². The van der Waals surface area contributed by atoms with E-state index in [0.29, 0.717) is 42.1 Å². The Labute approximate surface area is 178 Å². The minimum atomic E-state index is -0.292. The number of rotatable bonds is 2. The van der Waals surface area contributed by atoms with E-state index >= 15 is 0 Å². The lowest BCUT2D eigenvalue weighted by Gasteiger charge is -2.26. The van der Waals surface area contributed by atoms with Gasteiger partial charge in [-0.15, -0.1) is 0 Å². The molecular weight excluding hydrogens is 404 g/mol. The first-order valence-corrected chi connectivity index (χ1v) is 10.5. The highest BCUT2D eigenvalue weighted by Crippen LogP contribution is 2.31. The first kappa shape index (κ1) is 18.9. The molecule has 3 aromatic rings. The van der Waals surface area contributed by atoms with Crippen LogP contribution in [0.4, 0.5) is 0 Å². The maximum absolute atomic E-state index is 13.2. The van der Waals surface area contributed by atoms with E-state index in [9.17, 15) is 14.7 Å². The zero-order chi connectivity index (χ0) is 20.8. The molecule has 30 heavy (non-hydrogen) atoms. The fourth-order valence-corrected chi connectivity index (χ4v) is 4.51. The summed E-state index contributed by atoms with van der Waals surface area (Å²) in [6.07, 6.45) is 3.09. The Hall–Kier alpha value is -3.06. The monoisotopic (exact) mass is 424 g/mol. The molecule has 0 atom stereocenters. The molecule has 2 aliphatic rings. The first-order chi connectivity index (χ1) is 14.5. The number of carbonyl (C=O) groups excluding carboxylic acids is 2. The molecule has 2 amide bonds. The van der Waals surface area contributed by atoms with Crippen molar-refractivity contribution in [2.45, 2.75) is 32.4 Å². The number of carbonyl (C=O) groups is 2. The molecule has 8 heteroatoms. The van der Waals surface area contributed by atoms with Crippen LogP contribution in [-0.4, -0.2) is 50.0 Å². The van der Waals surface area contributed by atoms with Gasteiger partial charge in [0.15, 0.2) is 5.69 Å². The number of phenols is 1. The van der Waals surface area contributed by atoms with E-state index in [1.54, 1.807) is 15.9 Å². The molecule has 5 rings (SSSR count). The van der Waals surface area contributed by atoms with Crippen molar-refractivity contribution in [2.75, 3.05) is 13.1 Å². The molecule has 0 saturated carbocycles. The van der Waals surface area contributed by atoms with Crippen LogP contribution in [0.3, 0.4) is 0 Å². The Morgan fingerprint density at radius 2 is 1.73 bits per heavy atom. The highest BCUT2D eigenvalue weighted by Gasteiger charge is 2.28. The highest BCUT2D eigenvalue weighted by atomic mass is 35.5. The van der Waals surface area contributed by atoms with Gasteiger partial charge in [0.05, 0.1) is 11.1 Å². The fraction of sp³-hybridized carbons (Fsp3) is 0.318. The zero-order valence-corrected chi connectivity index (χ0v) is 17.1. The number of benzene rings is 2. The number of nitrogens with zero attached hydrogens (tertiary/aromatic N) is 3. The molecule has 0 aliphatic carbocycles.